The zero-order chi connectivity index (χ0) is 21.5. The summed E-state index contributed by atoms with van der Waals surface area (Å²) in [4.78, 5) is 18.5. The largest absolute Gasteiger partial charge is 0.417 e. The lowest BCUT2D eigenvalue weighted by Crippen LogP contribution is -2.41. The Labute approximate surface area is 170 Å². The number of carbonyl (C=O) groups excluding carboxylic acids is 1. The van der Waals surface area contributed by atoms with Gasteiger partial charge in [-0.05, 0) is 30.9 Å². The van der Waals surface area contributed by atoms with Crippen molar-refractivity contribution in [1.29, 1.82) is 0 Å². The molecular formula is C20H22F3N5O2. The van der Waals surface area contributed by atoms with E-state index in [1.807, 2.05) is 0 Å². The summed E-state index contributed by atoms with van der Waals surface area (Å²) in [5, 5.41) is 7.90. The van der Waals surface area contributed by atoms with E-state index >= 15 is 0 Å². The number of hydrogen-bond donors (Lipinski definition) is 0. The Bertz CT molecular complexity index is 1040. The van der Waals surface area contributed by atoms with Crippen molar-refractivity contribution in [2.45, 2.75) is 51.2 Å². The number of aromatic nitrogens is 4. The van der Waals surface area contributed by atoms with Gasteiger partial charge in [-0.3, -0.25) is 9.48 Å². The lowest BCUT2D eigenvalue weighted by Gasteiger charge is -2.32. The number of likely N-dealkylation sites (tertiary alicyclic amines) is 1. The van der Waals surface area contributed by atoms with Gasteiger partial charge in [0.2, 0.25) is 5.91 Å². The summed E-state index contributed by atoms with van der Waals surface area (Å²) in [6.07, 6.45) is 0.0114. The second-order valence-electron chi connectivity index (χ2n) is 7.88. The van der Waals surface area contributed by atoms with Gasteiger partial charge in [0.25, 0.3) is 5.71 Å². The quantitative estimate of drug-likeness (QED) is 0.637. The van der Waals surface area contributed by atoms with Crippen LogP contribution in [0.4, 0.5) is 13.2 Å². The molecule has 1 unspecified atom stereocenters. The minimum atomic E-state index is -4.56. The highest BCUT2D eigenvalue weighted by Gasteiger charge is 2.38. The average Bonchev–Trinajstić information content (AvgIpc) is 3.36. The van der Waals surface area contributed by atoms with Crippen molar-refractivity contribution in [2.75, 3.05) is 13.1 Å². The van der Waals surface area contributed by atoms with Crippen molar-refractivity contribution in [2.24, 2.45) is 0 Å². The number of alkyl halides is 3. The normalized spacial score (nSPS) is 17.8. The van der Waals surface area contributed by atoms with Crippen LogP contribution in [0.2, 0.25) is 0 Å². The lowest BCUT2D eigenvalue weighted by atomic mass is 9.91. The van der Waals surface area contributed by atoms with Crippen LogP contribution < -0.4 is 0 Å². The minimum Gasteiger partial charge on any atom is -0.340 e. The third-order valence-corrected chi connectivity index (χ3v) is 5.41. The number of piperidine rings is 1. The van der Waals surface area contributed by atoms with E-state index in [4.69, 9.17) is 4.52 Å². The van der Waals surface area contributed by atoms with Crippen LogP contribution in [0, 0.1) is 0 Å². The van der Waals surface area contributed by atoms with Crippen molar-refractivity contribution in [3.8, 4) is 0 Å². The van der Waals surface area contributed by atoms with Gasteiger partial charge in [0, 0.05) is 37.1 Å². The van der Waals surface area contributed by atoms with Crippen molar-refractivity contribution in [3.63, 3.8) is 0 Å². The Morgan fingerprint density at radius 1 is 1.37 bits per heavy atom. The molecule has 4 heterocycles. The van der Waals surface area contributed by atoms with Crippen molar-refractivity contribution < 1.29 is 22.5 Å². The smallest absolute Gasteiger partial charge is 0.340 e. The van der Waals surface area contributed by atoms with Crippen LogP contribution in [0.5, 0.6) is 0 Å². The van der Waals surface area contributed by atoms with Crippen LogP contribution in [-0.2, 0) is 17.5 Å². The van der Waals surface area contributed by atoms with Crippen LogP contribution >= 0.6 is 0 Å². The first-order valence-corrected chi connectivity index (χ1v) is 9.86. The number of nitrogens with zero attached hydrogens (tertiary/aromatic N) is 5. The Hall–Kier alpha value is -2.91. The Kier molecular flexibility index (Phi) is 5.25. The Balaban J connectivity index is 1.66. The first-order valence-electron chi connectivity index (χ1n) is 9.86. The zero-order valence-electron chi connectivity index (χ0n) is 16.7. The molecule has 0 bridgehead atoms. The molecule has 1 saturated heterocycles. The van der Waals surface area contributed by atoms with Gasteiger partial charge in [0.05, 0.1) is 16.6 Å². The fraction of sp³-hybridized carbons (Fsp3) is 0.500. The number of pyridine rings is 1. The molecule has 1 amide bonds. The van der Waals surface area contributed by atoms with E-state index in [2.05, 4.69) is 15.2 Å². The van der Waals surface area contributed by atoms with E-state index < -0.39 is 11.7 Å². The van der Waals surface area contributed by atoms with Crippen LogP contribution in [0.1, 0.15) is 55.5 Å². The summed E-state index contributed by atoms with van der Waals surface area (Å²) < 4.78 is 48.2. The average molecular weight is 421 g/mol. The van der Waals surface area contributed by atoms with Gasteiger partial charge in [-0.2, -0.15) is 18.3 Å². The van der Waals surface area contributed by atoms with Crippen molar-refractivity contribution in [1.82, 2.24) is 24.8 Å². The van der Waals surface area contributed by atoms with Crippen LogP contribution in [0.3, 0.4) is 0 Å². The van der Waals surface area contributed by atoms with Gasteiger partial charge in [-0.15, -0.1) is 0 Å². The predicted octanol–water partition coefficient (Wildman–Crippen LogP) is 3.97. The summed E-state index contributed by atoms with van der Waals surface area (Å²) in [5.74, 6) is -0.670. The Morgan fingerprint density at radius 2 is 2.17 bits per heavy atom. The van der Waals surface area contributed by atoms with E-state index in [9.17, 15) is 18.0 Å². The second kappa shape index (κ2) is 7.73. The third kappa shape index (κ3) is 3.90. The fourth-order valence-electron chi connectivity index (χ4n) is 3.85. The van der Waals surface area contributed by atoms with Crippen molar-refractivity contribution in [3.05, 3.63) is 41.5 Å². The second-order valence-corrected chi connectivity index (χ2v) is 7.88. The fourth-order valence-corrected chi connectivity index (χ4v) is 3.85. The van der Waals surface area contributed by atoms with Gasteiger partial charge in [0.15, 0.2) is 0 Å². The number of rotatable bonds is 4. The maximum absolute atomic E-state index is 13.8. The molecule has 1 fully saturated rings. The molecule has 1 atom stereocenters. The molecule has 0 aromatic carbocycles. The van der Waals surface area contributed by atoms with E-state index in [-0.39, 0.29) is 47.6 Å². The van der Waals surface area contributed by atoms with Gasteiger partial charge in [0.1, 0.15) is 6.54 Å². The molecule has 0 spiro atoms. The molecule has 0 saturated carbocycles. The predicted molar refractivity (Wildman–Crippen MR) is 102 cm³/mol. The summed E-state index contributed by atoms with van der Waals surface area (Å²) in [7, 11) is 0. The molecule has 3 aromatic heterocycles. The standard InChI is InChI=1S/C20H22F3N5O2/c1-12(2)15-9-14(20(21,22)23)17-18(26-30-19(17)25-15)13-5-3-7-27(10-13)16(29)11-28-8-4-6-24-28/h4,6,8-9,12-13H,3,5,7,10-11H2,1-2H3. The molecule has 1 aliphatic heterocycles. The van der Waals surface area contributed by atoms with E-state index in [0.29, 0.717) is 25.1 Å². The van der Waals surface area contributed by atoms with E-state index in [1.165, 1.54) is 4.68 Å². The molecule has 3 aromatic rings. The number of carbonyl (C=O) groups is 1. The molecular weight excluding hydrogens is 399 g/mol. The number of amides is 1. The number of fused-ring (bicyclic) bond motifs is 1. The van der Waals surface area contributed by atoms with Crippen LogP contribution in [0.15, 0.2) is 29.0 Å². The Morgan fingerprint density at radius 3 is 2.83 bits per heavy atom. The molecule has 7 nitrogen and oxygen atoms in total. The highest BCUT2D eigenvalue weighted by atomic mass is 19.4. The summed E-state index contributed by atoms with van der Waals surface area (Å²) in [6, 6.07) is 2.81. The minimum absolute atomic E-state index is 0.0897. The molecule has 1 aliphatic rings. The SMILES string of the molecule is CC(C)c1cc(C(F)(F)F)c2c(C3CCCN(C(=O)Cn4cccn4)C3)noc2n1. The number of hydrogen-bond acceptors (Lipinski definition) is 5. The molecule has 10 heteroatoms. The summed E-state index contributed by atoms with van der Waals surface area (Å²) in [5.41, 5.74) is -0.370. The lowest BCUT2D eigenvalue weighted by molar-refractivity contribution is -0.136. The molecule has 0 aliphatic carbocycles. The highest BCUT2D eigenvalue weighted by molar-refractivity contribution is 5.82. The first kappa shape index (κ1) is 20.4. The third-order valence-electron chi connectivity index (χ3n) is 5.41. The van der Waals surface area contributed by atoms with Crippen LogP contribution in [-0.4, -0.2) is 43.8 Å². The maximum Gasteiger partial charge on any atom is 0.417 e. The molecule has 0 radical (unpaired) electrons. The van der Waals surface area contributed by atoms with Crippen LogP contribution in [0.25, 0.3) is 11.1 Å². The van der Waals surface area contributed by atoms with Gasteiger partial charge >= 0.3 is 6.18 Å². The molecule has 160 valence electrons. The van der Waals surface area contributed by atoms with Crippen molar-refractivity contribution >= 4 is 17.0 Å². The van der Waals surface area contributed by atoms with Gasteiger partial charge < -0.3 is 9.42 Å². The van der Waals surface area contributed by atoms with E-state index in [0.717, 1.165) is 6.07 Å². The zero-order valence-corrected chi connectivity index (χ0v) is 16.7. The maximum atomic E-state index is 13.8. The first-order chi connectivity index (χ1) is 14.2. The monoisotopic (exact) mass is 421 g/mol. The summed E-state index contributed by atoms with van der Waals surface area (Å²) in [6.45, 7) is 4.47. The highest BCUT2D eigenvalue weighted by Crippen LogP contribution is 2.40. The summed E-state index contributed by atoms with van der Waals surface area (Å²) >= 11 is 0. The molecule has 0 N–H and O–H groups in total. The molecule has 4 rings (SSSR count). The van der Waals surface area contributed by atoms with Gasteiger partial charge in [-0.1, -0.05) is 19.0 Å². The van der Waals surface area contributed by atoms with Gasteiger partial charge in [-0.25, -0.2) is 4.98 Å². The topological polar surface area (TPSA) is 77.0 Å². The van der Waals surface area contributed by atoms with E-state index in [1.54, 1.807) is 37.2 Å². The molecule has 30 heavy (non-hydrogen) atoms. The number of halogens is 3.